The second kappa shape index (κ2) is 7.75. The van der Waals surface area contributed by atoms with Crippen LogP contribution in [0.1, 0.15) is 5.56 Å². The number of hydrogen-bond donors (Lipinski definition) is 1. The SMILES string of the molecule is Cc1cc(Cl)ccc1NC(=O)Cn1cnc(S(=O)(=O)N2CCOCC2)c1. The van der Waals surface area contributed by atoms with Gasteiger partial charge in [0.15, 0.2) is 5.03 Å². The molecule has 1 saturated heterocycles. The minimum absolute atomic E-state index is 0.0479. The summed E-state index contributed by atoms with van der Waals surface area (Å²) in [6, 6.07) is 5.16. The van der Waals surface area contributed by atoms with Crippen LogP contribution < -0.4 is 5.32 Å². The number of ether oxygens (including phenoxy) is 1. The summed E-state index contributed by atoms with van der Waals surface area (Å²) in [7, 11) is -3.67. The summed E-state index contributed by atoms with van der Waals surface area (Å²) >= 11 is 5.90. The van der Waals surface area contributed by atoms with E-state index >= 15 is 0 Å². The maximum absolute atomic E-state index is 12.5. The van der Waals surface area contributed by atoms with Gasteiger partial charge in [-0.15, -0.1) is 0 Å². The van der Waals surface area contributed by atoms with Crippen molar-refractivity contribution in [3.05, 3.63) is 41.3 Å². The molecule has 1 fully saturated rings. The molecule has 8 nitrogen and oxygen atoms in total. The van der Waals surface area contributed by atoms with Gasteiger partial charge in [0.25, 0.3) is 10.0 Å². The first kappa shape index (κ1) is 18.8. The molecule has 1 aliphatic heterocycles. The fourth-order valence-electron chi connectivity index (χ4n) is 2.60. The Morgan fingerprint density at radius 1 is 1.35 bits per heavy atom. The van der Waals surface area contributed by atoms with E-state index in [2.05, 4.69) is 10.3 Å². The second-order valence-electron chi connectivity index (χ2n) is 5.91. The molecule has 2 heterocycles. The van der Waals surface area contributed by atoms with Gasteiger partial charge in [-0.1, -0.05) is 11.6 Å². The summed E-state index contributed by atoms with van der Waals surface area (Å²) in [5.74, 6) is -0.289. The number of aryl methyl sites for hydroxylation is 1. The number of anilines is 1. The van der Waals surface area contributed by atoms with Crippen LogP contribution in [-0.4, -0.2) is 54.5 Å². The van der Waals surface area contributed by atoms with E-state index in [4.69, 9.17) is 16.3 Å². The molecule has 26 heavy (non-hydrogen) atoms. The van der Waals surface area contributed by atoms with Gasteiger partial charge in [0, 0.05) is 30.0 Å². The molecule has 0 spiro atoms. The zero-order valence-electron chi connectivity index (χ0n) is 14.2. The predicted octanol–water partition coefficient (Wildman–Crippen LogP) is 1.50. The minimum atomic E-state index is -3.67. The van der Waals surface area contributed by atoms with Gasteiger partial charge in [-0.3, -0.25) is 4.79 Å². The molecule has 140 valence electrons. The number of amides is 1. The Hall–Kier alpha value is -1.94. The highest BCUT2D eigenvalue weighted by Gasteiger charge is 2.28. The summed E-state index contributed by atoms with van der Waals surface area (Å²) in [5, 5.41) is 3.29. The molecule has 10 heteroatoms. The lowest BCUT2D eigenvalue weighted by molar-refractivity contribution is -0.116. The van der Waals surface area contributed by atoms with Gasteiger partial charge in [0.1, 0.15) is 6.54 Å². The number of sulfonamides is 1. The maximum atomic E-state index is 12.5. The number of nitrogens with one attached hydrogen (secondary N) is 1. The van der Waals surface area contributed by atoms with Gasteiger partial charge in [-0.25, -0.2) is 13.4 Å². The van der Waals surface area contributed by atoms with Gasteiger partial charge in [-0.2, -0.15) is 4.31 Å². The van der Waals surface area contributed by atoms with Crippen molar-refractivity contribution in [2.75, 3.05) is 31.6 Å². The minimum Gasteiger partial charge on any atom is -0.379 e. The van der Waals surface area contributed by atoms with Gasteiger partial charge >= 0.3 is 0 Å². The molecule has 3 rings (SSSR count). The highest BCUT2D eigenvalue weighted by molar-refractivity contribution is 7.89. The van der Waals surface area contributed by atoms with Crippen LogP contribution in [0, 0.1) is 6.92 Å². The topological polar surface area (TPSA) is 93.5 Å². The Morgan fingerprint density at radius 2 is 2.08 bits per heavy atom. The van der Waals surface area contributed by atoms with Crippen LogP contribution in [-0.2, 0) is 26.1 Å². The van der Waals surface area contributed by atoms with E-state index in [0.29, 0.717) is 37.0 Å². The smallest absolute Gasteiger partial charge is 0.262 e. The Morgan fingerprint density at radius 3 is 2.77 bits per heavy atom. The van der Waals surface area contributed by atoms with E-state index in [1.165, 1.54) is 21.4 Å². The van der Waals surface area contributed by atoms with Gasteiger partial charge < -0.3 is 14.6 Å². The average molecular weight is 399 g/mol. The summed E-state index contributed by atoms with van der Waals surface area (Å²) in [4.78, 5) is 16.2. The van der Waals surface area contributed by atoms with Crippen LogP contribution in [0.4, 0.5) is 5.69 Å². The Balaban J connectivity index is 1.67. The van der Waals surface area contributed by atoms with Crippen molar-refractivity contribution in [3.63, 3.8) is 0 Å². The highest BCUT2D eigenvalue weighted by atomic mass is 35.5. The standard InChI is InChI=1S/C16H19ClN4O4S/c1-12-8-13(17)2-3-14(12)19-15(22)9-20-10-16(18-11-20)26(23,24)21-4-6-25-7-5-21/h2-3,8,10-11H,4-7,9H2,1H3,(H,19,22). The van der Waals surface area contributed by atoms with Crippen LogP contribution in [0.25, 0.3) is 0 Å². The monoisotopic (exact) mass is 398 g/mol. The quantitative estimate of drug-likeness (QED) is 0.823. The van der Waals surface area contributed by atoms with Crippen LogP contribution >= 0.6 is 11.6 Å². The van der Waals surface area contributed by atoms with Crippen molar-refractivity contribution < 1.29 is 17.9 Å². The van der Waals surface area contributed by atoms with E-state index in [9.17, 15) is 13.2 Å². The highest BCUT2D eigenvalue weighted by Crippen LogP contribution is 2.20. The van der Waals surface area contributed by atoms with Crippen LogP contribution in [0.2, 0.25) is 5.02 Å². The van der Waals surface area contributed by atoms with Crippen molar-refractivity contribution >= 4 is 33.2 Å². The molecule has 0 radical (unpaired) electrons. The first-order chi connectivity index (χ1) is 12.4. The van der Waals surface area contributed by atoms with E-state index in [0.717, 1.165) is 5.56 Å². The van der Waals surface area contributed by atoms with Crippen molar-refractivity contribution in [2.24, 2.45) is 0 Å². The third-order valence-electron chi connectivity index (χ3n) is 3.97. The first-order valence-corrected chi connectivity index (χ1v) is 9.84. The number of halogens is 1. The van der Waals surface area contributed by atoms with Crippen LogP contribution in [0.5, 0.6) is 0 Å². The number of hydrogen-bond acceptors (Lipinski definition) is 5. The fourth-order valence-corrected chi connectivity index (χ4v) is 4.17. The second-order valence-corrected chi connectivity index (χ2v) is 8.23. The Labute approximate surface area is 156 Å². The molecule has 0 unspecified atom stereocenters. The van der Waals surface area contributed by atoms with Crippen molar-refractivity contribution in [3.8, 4) is 0 Å². The fraction of sp³-hybridized carbons (Fsp3) is 0.375. The van der Waals surface area contributed by atoms with Gasteiger partial charge in [0.2, 0.25) is 5.91 Å². The van der Waals surface area contributed by atoms with E-state index in [1.54, 1.807) is 18.2 Å². The maximum Gasteiger partial charge on any atom is 0.262 e. The number of benzene rings is 1. The van der Waals surface area contributed by atoms with Gasteiger partial charge in [0.05, 0.1) is 19.5 Å². The predicted molar refractivity (Wildman–Crippen MR) is 96.6 cm³/mol. The number of morpholine rings is 1. The van der Waals surface area contributed by atoms with Crippen molar-refractivity contribution in [1.82, 2.24) is 13.9 Å². The lowest BCUT2D eigenvalue weighted by Gasteiger charge is -2.24. The Bertz CT molecular complexity index is 907. The molecule has 2 aromatic rings. The van der Waals surface area contributed by atoms with Crippen LogP contribution in [0.3, 0.4) is 0 Å². The molecule has 1 amide bonds. The number of rotatable bonds is 5. The number of carbonyl (C=O) groups is 1. The molecule has 0 aliphatic carbocycles. The molecular weight excluding hydrogens is 380 g/mol. The molecule has 1 aromatic carbocycles. The summed E-state index contributed by atoms with van der Waals surface area (Å²) in [5.41, 5.74) is 1.49. The van der Waals surface area contributed by atoms with Crippen molar-refractivity contribution in [1.29, 1.82) is 0 Å². The first-order valence-electron chi connectivity index (χ1n) is 8.02. The molecule has 0 bridgehead atoms. The van der Waals surface area contributed by atoms with E-state index in [1.807, 2.05) is 6.92 Å². The number of carbonyl (C=O) groups excluding carboxylic acids is 1. The Kier molecular flexibility index (Phi) is 5.61. The summed E-state index contributed by atoms with van der Waals surface area (Å²) in [6.45, 7) is 3.11. The van der Waals surface area contributed by atoms with E-state index < -0.39 is 10.0 Å². The van der Waals surface area contributed by atoms with Crippen molar-refractivity contribution in [2.45, 2.75) is 18.5 Å². The molecule has 0 saturated carbocycles. The largest absolute Gasteiger partial charge is 0.379 e. The number of nitrogens with zero attached hydrogens (tertiary/aromatic N) is 3. The third-order valence-corrected chi connectivity index (χ3v) is 5.99. The average Bonchev–Trinajstić information content (AvgIpc) is 3.07. The summed E-state index contributed by atoms with van der Waals surface area (Å²) < 4.78 is 33.0. The number of imidazole rings is 1. The third kappa shape index (κ3) is 4.24. The molecular formula is C16H19ClN4O4S. The van der Waals surface area contributed by atoms with Crippen LogP contribution in [0.15, 0.2) is 35.7 Å². The van der Waals surface area contributed by atoms with E-state index in [-0.39, 0.29) is 17.5 Å². The molecule has 1 N–H and O–H groups in total. The summed E-state index contributed by atoms with van der Waals surface area (Å²) in [6.07, 6.45) is 2.70. The lowest BCUT2D eigenvalue weighted by atomic mass is 10.2. The van der Waals surface area contributed by atoms with Gasteiger partial charge in [-0.05, 0) is 30.7 Å². The zero-order chi connectivity index (χ0) is 18.7. The number of aromatic nitrogens is 2. The lowest BCUT2D eigenvalue weighted by Crippen LogP contribution is -2.40. The molecule has 1 aromatic heterocycles. The normalized spacial score (nSPS) is 15.8. The molecule has 0 atom stereocenters. The zero-order valence-corrected chi connectivity index (χ0v) is 15.8. The molecule has 1 aliphatic rings.